The van der Waals surface area contributed by atoms with Crippen molar-refractivity contribution in [1.29, 1.82) is 0 Å². The zero-order valence-corrected chi connectivity index (χ0v) is 8.57. The molecule has 0 aromatic heterocycles. The van der Waals surface area contributed by atoms with E-state index < -0.39 is 0 Å². The zero-order chi connectivity index (χ0) is 8.97. The molecule has 0 aliphatic carbocycles. The molecule has 0 N–H and O–H groups in total. The van der Waals surface area contributed by atoms with E-state index in [4.69, 9.17) is 23.2 Å². The van der Waals surface area contributed by atoms with Gasteiger partial charge in [0.25, 0.3) is 0 Å². The highest BCUT2D eigenvalue weighted by molar-refractivity contribution is 6.21. The van der Waals surface area contributed by atoms with E-state index in [0.29, 0.717) is 11.8 Å². The Balaban J connectivity index is 2.85. The van der Waals surface area contributed by atoms with Gasteiger partial charge in [-0.3, -0.25) is 0 Å². The van der Waals surface area contributed by atoms with Gasteiger partial charge in [0.1, 0.15) is 0 Å². The molecule has 0 saturated heterocycles. The van der Waals surface area contributed by atoms with Gasteiger partial charge in [-0.2, -0.15) is 0 Å². The van der Waals surface area contributed by atoms with Gasteiger partial charge in [0.2, 0.25) is 0 Å². The molecule has 0 fully saturated rings. The van der Waals surface area contributed by atoms with Crippen LogP contribution in [0.4, 0.5) is 0 Å². The predicted molar refractivity (Wildman–Crippen MR) is 55.4 cm³/mol. The summed E-state index contributed by atoms with van der Waals surface area (Å²) in [6.45, 7) is 2.07. The Hall–Kier alpha value is -0.200. The van der Waals surface area contributed by atoms with Gasteiger partial charge < -0.3 is 0 Å². The van der Waals surface area contributed by atoms with Crippen LogP contribution in [0.25, 0.3) is 0 Å². The van der Waals surface area contributed by atoms with Crippen LogP contribution in [0.3, 0.4) is 0 Å². The minimum atomic E-state index is 0.285. The Labute approximate surface area is 83.5 Å². The molecule has 0 nitrogen and oxygen atoms in total. The van der Waals surface area contributed by atoms with E-state index in [2.05, 4.69) is 25.1 Å². The molecule has 12 heavy (non-hydrogen) atoms. The maximum Gasteiger partial charge on any atom is 0.0303 e. The first-order chi connectivity index (χ1) is 5.77. The van der Waals surface area contributed by atoms with Gasteiger partial charge in [0.05, 0.1) is 0 Å². The minimum absolute atomic E-state index is 0.285. The van der Waals surface area contributed by atoms with Crippen molar-refractivity contribution >= 4 is 23.2 Å². The fourth-order valence-corrected chi connectivity index (χ4v) is 1.83. The third-order valence-corrected chi connectivity index (χ3v) is 2.63. The van der Waals surface area contributed by atoms with Crippen LogP contribution in [0.15, 0.2) is 24.3 Å². The predicted octanol–water partition coefficient (Wildman–Crippen LogP) is 3.56. The van der Waals surface area contributed by atoms with Gasteiger partial charge in [-0.05, 0) is 12.5 Å². The standard InChI is InChI=1S/C10H12Cl2/c1-8-3-2-4-9(5-8)10(6-11)7-12/h2-5,10H,6-7H2,1H3. The van der Waals surface area contributed by atoms with Crippen molar-refractivity contribution in [2.75, 3.05) is 11.8 Å². The summed E-state index contributed by atoms with van der Waals surface area (Å²) in [5.74, 6) is 1.47. The van der Waals surface area contributed by atoms with Crippen LogP contribution in [0.2, 0.25) is 0 Å². The highest BCUT2D eigenvalue weighted by atomic mass is 35.5. The van der Waals surface area contributed by atoms with E-state index in [1.165, 1.54) is 11.1 Å². The molecule has 0 atom stereocenters. The quantitative estimate of drug-likeness (QED) is 0.659. The monoisotopic (exact) mass is 202 g/mol. The maximum atomic E-state index is 5.77. The summed E-state index contributed by atoms with van der Waals surface area (Å²) in [6.07, 6.45) is 0. The van der Waals surface area contributed by atoms with E-state index in [-0.39, 0.29) is 5.92 Å². The Kier molecular flexibility index (Phi) is 3.90. The van der Waals surface area contributed by atoms with Gasteiger partial charge in [0, 0.05) is 17.7 Å². The summed E-state index contributed by atoms with van der Waals surface area (Å²) < 4.78 is 0. The van der Waals surface area contributed by atoms with Crippen LogP contribution in [-0.4, -0.2) is 11.8 Å². The molecule has 1 aromatic carbocycles. The molecule has 0 aliphatic rings. The smallest absolute Gasteiger partial charge is 0.0303 e. The second kappa shape index (κ2) is 4.74. The fourth-order valence-electron chi connectivity index (χ4n) is 1.14. The Morgan fingerprint density at radius 2 is 1.92 bits per heavy atom. The lowest BCUT2D eigenvalue weighted by Gasteiger charge is -2.10. The molecule has 0 spiro atoms. The molecular formula is C10H12Cl2. The summed E-state index contributed by atoms with van der Waals surface area (Å²) in [6, 6.07) is 8.32. The van der Waals surface area contributed by atoms with Crippen molar-refractivity contribution in [2.45, 2.75) is 12.8 Å². The zero-order valence-electron chi connectivity index (χ0n) is 7.06. The highest BCUT2D eigenvalue weighted by Crippen LogP contribution is 2.19. The number of hydrogen-bond donors (Lipinski definition) is 0. The van der Waals surface area contributed by atoms with E-state index >= 15 is 0 Å². The topological polar surface area (TPSA) is 0 Å². The van der Waals surface area contributed by atoms with Crippen LogP contribution in [0, 0.1) is 6.92 Å². The summed E-state index contributed by atoms with van der Waals surface area (Å²) in [4.78, 5) is 0. The number of benzene rings is 1. The summed E-state index contributed by atoms with van der Waals surface area (Å²) in [5.41, 5.74) is 2.49. The average Bonchev–Trinajstić information content (AvgIpc) is 2.07. The van der Waals surface area contributed by atoms with Crippen molar-refractivity contribution < 1.29 is 0 Å². The van der Waals surface area contributed by atoms with Crippen LogP contribution in [0.5, 0.6) is 0 Å². The normalized spacial score (nSPS) is 10.7. The summed E-state index contributed by atoms with van der Waals surface area (Å²) in [5, 5.41) is 0. The number of rotatable bonds is 3. The SMILES string of the molecule is Cc1cccc(C(CCl)CCl)c1. The third-order valence-electron chi connectivity index (χ3n) is 1.89. The largest absolute Gasteiger partial charge is 0.126 e. The maximum absolute atomic E-state index is 5.77. The molecule has 2 heteroatoms. The molecule has 0 aliphatic heterocycles. The number of alkyl halides is 2. The minimum Gasteiger partial charge on any atom is -0.126 e. The first-order valence-electron chi connectivity index (χ1n) is 3.96. The Bertz CT molecular complexity index is 241. The molecule has 1 rings (SSSR count). The van der Waals surface area contributed by atoms with Gasteiger partial charge >= 0.3 is 0 Å². The fraction of sp³-hybridized carbons (Fsp3) is 0.400. The summed E-state index contributed by atoms with van der Waals surface area (Å²) >= 11 is 11.5. The Morgan fingerprint density at radius 1 is 1.25 bits per heavy atom. The highest BCUT2D eigenvalue weighted by Gasteiger charge is 2.07. The Morgan fingerprint density at radius 3 is 2.42 bits per heavy atom. The second-order valence-corrected chi connectivity index (χ2v) is 3.54. The third kappa shape index (κ3) is 2.40. The van der Waals surface area contributed by atoms with E-state index in [9.17, 15) is 0 Å². The lowest BCUT2D eigenvalue weighted by molar-refractivity contribution is 0.882. The van der Waals surface area contributed by atoms with Crippen molar-refractivity contribution in [3.8, 4) is 0 Å². The lowest BCUT2D eigenvalue weighted by Crippen LogP contribution is -2.01. The van der Waals surface area contributed by atoms with Gasteiger partial charge in [-0.15, -0.1) is 23.2 Å². The summed E-state index contributed by atoms with van der Waals surface area (Å²) in [7, 11) is 0. The van der Waals surface area contributed by atoms with Crippen LogP contribution in [-0.2, 0) is 0 Å². The van der Waals surface area contributed by atoms with Gasteiger partial charge in [0.15, 0.2) is 0 Å². The first-order valence-corrected chi connectivity index (χ1v) is 5.03. The molecular weight excluding hydrogens is 191 g/mol. The number of hydrogen-bond acceptors (Lipinski definition) is 0. The van der Waals surface area contributed by atoms with Crippen LogP contribution >= 0.6 is 23.2 Å². The molecule has 0 amide bonds. The molecule has 0 heterocycles. The van der Waals surface area contributed by atoms with Crippen molar-refractivity contribution in [3.05, 3.63) is 35.4 Å². The lowest BCUT2D eigenvalue weighted by atomic mass is 10.0. The number of halogens is 2. The van der Waals surface area contributed by atoms with E-state index in [0.717, 1.165) is 0 Å². The van der Waals surface area contributed by atoms with E-state index in [1.807, 2.05) is 6.07 Å². The second-order valence-electron chi connectivity index (χ2n) is 2.92. The van der Waals surface area contributed by atoms with Crippen molar-refractivity contribution in [1.82, 2.24) is 0 Å². The van der Waals surface area contributed by atoms with Gasteiger partial charge in [-0.1, -0.05) is 29.8 Å². The molecule has 1 aromatic rings. The molecule has 0 saturated carbocycles. The molecule has 0 bridgehead atoms. The van der Waals surface area contributed by atoms with E-state index in [1.54, 1.807) is 0 Å². The first kappa shape index (κ1) is 9.88. The average molecular weight is 203 g/mol. The van der Waals surface area contributed by atoms with Crippen molar-refractivity contribution in [2.24, 2.45) is 0 Å². The van der Waals surface area contributed by atoms with Crippen LogP contribution in [0.1, 0.15) is 17.0 Å². The molecule has 0 radical (unpaired) electrons. The van der Waals surface area contributed by atoms with Crippen LogP contribution < -0.4 is 0 Å². The molecule has 0 unspecified atom stereocenters. The van der Waals surface area contributed by atoms with Gasteiger partial charge in [-0.25, -0.2) is 0 Å². The molecule has 66 valence electrons. The van der Waals surface area contributed by atoms with Crippen molar-refractivity contribution in [3.63, 3.8) is 0 Å². The number of aryl methyl sites for hydroxylation is 1.